The fourth-order valence-electron chi connectivity index (χ4n) is 1.97. The average molecular weight is 246 g/mol. The maximum atomic E-state index is 10.5. The van der Waals surface area contributed by atoms with E-state index in [9.17, 15) is 9.90 Å². The summed E-state index contributed by atoms with van der Waals surface area (Å²) in [6.45, 7) is 6.07. The molecule has 0 aromatic rings. The van der Waals surface area contributed by atoms with Crippen LogP contribution in [0.1, 0.15) is 26.2 Å². The van der Waals surface area contributed by atoms with Gasteiger partial charge >= 0.3 is 0 Å². The highest BCUT2D eigenvalue weighted by atomic mass is 79.9. The van der Waals surface area contributed by atoms with E-state index < -0.39 is 5.97 Å². The molecule has 1 fully saturated rings. The molecule has 0 unspecified atom stereocenters. The van der Waals surface area contributed by atoms with Crippen LogP contribution in [-0.4, -0.2) is 11.3 Å². The Balaban J connectivity index is 2.75. The van der Waals surface area contributed by atoms with Gasteiger partial charge in [0.25, 0.3) is 0 Å². The van der Waals surface area contributed by atoms with Gasteiger partial charge in [-0.2, -0.15) is 0 Å². The normalized spacial score (nSPS) is 33.7. The maximum Gasteiger partial charge on any atom is 0.0417 e. The molecule has 13 heavy (non-hydrogen) atoms. The van der Waals surface area contributed by atoms with Crippen LogP contribution in [0.15, 0.2) is 12.2 Å². The molecule has 0 heterocycles. The highest BCUT2D eigenvalue weighted by Crippen LogP contribution is 2.48. The van der Waals surface area contributed by atoms with Gasteiger partial charge in [-0.15, -0.1) is 0 Å². The number of halogens is 1. The van der Waals surface area contributed by atoms with Gasteiger partial charge in [-0.05, 0) is 25.2 Å². The largest absolute Gasteiger partial charge is 0.550 e. The minimum absolute atomic E-state index is 0.0555. The van der Waals surface area contributed by atoms with E-state index in [1.165, 1.54) is 0 Å². The lowest BCUT2D eigenvalue weighted by molar-refractivity contribution is -0.307. The zero-order chi connectivity index (χ0) is 10.1. The van der Waals surface area contributed by atoms with Crippen LogP contribution in [0, 0.1) is 11.3 Å². The SMILES string of the molecule is C=C1CC[C@H](CC(=O)[O-])[C@@]1(C)CBr. The Morgan fingerprint density at radius 3 is 2.92 bits per heavy atom. The van der Waals surface area contributed by atoms with Crippen LogP contribution in [0.25, 0.3) is 0 Å². The number of rotatable bonds is 3. The fourth-order valence-corrected chi connectivity index (χ4v) is 2.83. The summed E-state index contributed by atoms with van der Waals surface area (Å²) in [5, 5.41) is 11.3. The molecule has 0 aliphatic heterocycles. The molecule has 2 nitrogen and oxygen atoms in total. The zero-order valence-corrected chi connectivity index (χ0v) is 9.39. The van der Waals surface area contributed by atoms with Crippen molar-refractivity contribution in [2.75, 3.05) is 5.33 Å². The smallest absolute Gasteiger partial charge is 0.0417 e. The molecular weight excluding hydrogens is 232 g/mol. The second kappa shape index (κ2) is 3.82. The van der Waals surface area contributed by atoms with Crippen molar-refractivity contribution in [3.63, 3.8) is 0 Å². The molecule has 0 bridgehead atoms. The lowest BCUT2D eigenvalue weighted by Gasteiger charge is -2.31. The van der Waals surface area contributed by atoms with Gasteiger partial charge in [0.1, 0.15) is 0 Å². The van der Waals surface area contributed by atoms with E-state index in [2.05, 4.69) is 29.4 Å². The number of carboxylic acid groups (broad SMARTS) is 1. The van der Waals surface area contributed by atoms with E-state index in [0.29, 0.717) is 0 Å². The molecule has 0 amide bonds. The Labute approximate surface area is 87.2 Å². The van der Waals surface area contributed by atoms with E-state index in [1.807, 2.05) is 0 Å². The van der Waals surface area contributed by atoms with Crippen molar-refractivity contribution in [3.05, 3.63) is 12.2 Å². The van der Waals surface area contributed by atoms with E-state index in [-0.39, 0.29) is 17.8 Å². The highest BCUT2D eigenvalue weighted by Gasteiger charge is 2.40. The second-order valence-electron chi connectivity index (χ2n) is 3.97. The average Bonchev–Trinajstić information content (AvgIpc) is 2.33. The number of aliphatic carboxylic acids is 1. The number of carbonyl (C=O) groups is 1. The Kier molecular flexibility index (Phi) is 3.17. The number of carboxylic acids is 1. The van der Waals surface area contributed by atoms with Gasteiger partial charge in [0.15, 0.2) is 0 Å². The summed E-state index contributed by atoms with van der Waals surface area (Å²) in [5.41, 5.74) is 1.11. The van der Waals surface area contributed by atoms with E-state index in [1.54, 1.807) is 0 Å². The number of alkyl halides is 1. The molecule has 0 N–H and O–H groups in total. The summed E-state index contributed by atoms with van der Waals surface area (Å²) in [6.07, 6.45) is 2.02. The third-order valence-electron chi connectivity index (χ3n) is 3.19. The first-order valence-corrected chi connectivity index (χ1v) is 5.57. The topological polar surface area (TPSA) is 40.1 Å². The minimum atomic E-state index is -0.952. The first kappa shape index (κ1) is 10.8. The van der Waals surface area contributed by atoms with Crippen LogP contribution in [0.4, 0.5) is 0 Å². The summed E-state index contributed by atoms with van der Waals surface area (Å²) in [5.74, 6) is -0.767. The van der Waals surface area contributed by atoms with Crippen LogP contribution in [0.2, 0.25) is 0 Å². The maximum absolute atomic E-state index is 10.5. The predicted octanol–water partition coefficient (Wildman–Crippen LogP) is 1.49. The summed E-state index contributed by atoms with van der Waals surface area (Å²) >= 11 is 3.43. The van der Waals surface area contributed by atoms with E-state index in [4.69, 9.17) is 0 Å². The Morgan fingerprint density at radius 2 is 2.46 bits per heavy atom. The summed E-state index contributed by atoms with van der Waals surface area (Å²) in [6, 6.07) is 0. The van der Waals surface area contributed by atoms with Gasteiger partial charge in [0.05, 0.1) is 0 Å². The molecule has 3 heteroatoms. The van der Waals surface area contributed by atoms with Crippen LogP contribution < -0.4 is 5.11 Å². The first-order valence-electron chi connectivity index (χ1n) is 4.44. The quantitative estimate of drug-likeness (QED) is 0.559. The third-order valence-corrected chi connectivity index (χ3v) is 4.36. The van der Waals surface area contributed by atoms with Crippen LogP contribution in [-0.2, 0) is 4.79 Å². The molecule has 1 aliphatic carbocycles. The molecule has 74 valence electrons. The van der Waals surface area contributed by atoms with Crippen molar-refractivity contribution in [3.8, 4) is 0 Å². The van der Waals surface area contributed by atoms with Crippen molar-refractivity contribution in [2.24, 2.45) is 11.3 Å². The van der Waals surface area contributed by atoms with Gasteiger partial charge in [-0.1, -0.05) is 35.0 Å². The molecule has 1 saturated carbocycles. The van der Waals surface area contributed by atoms with Gasteiger partial charge in [0, 0.05) is 16.7 Å². The Morgan fingerprint density at radius 1 is 1.85 bits per heavy atom. The molecular formula is C10H14BrO2-. The van der Waals surface area contributed by atoms with Crippen molar-refractivity contribution < 1.29 is 9.90 Å². The van der Waals surface area contributed by atoms with Crippen molar-refractivity contribution >= 4 is 21.9 Å². The Bertz CT molecular complexity index is 237. The molecule has 0 spiro atoms. The molecule has 0 aromatic carbocycles. The van der Waals surface area contributed by atoms with Crippen molar-refractivity contribution in [1.29, 1.82) is 0 Å². The van der Waals surface area contributed by atoms with Crippen molar-refractivity contribution in [1.82, 2.24) is 0 Å². The zero-order valence-electron chi connectivity index (χ0n) is 7.81. The van der Waals surface area contributed by atoms with Crippen LogP contribution in [0.5, 0.6) is 0 Å². The summed E-state index contributed by atoms with van der Waals surface area (Å²) in [4.78, 5) is 10.5. The standard InChI is InChI=1S/C10H15BrO2/c1-7-3-4-8(5-9(12)13)10(7,2)6-11/h8H,1,3-6H2,2H3,(H,12,13)/p-1/t8-,10+/m1/s1. The second-order valence-corrected chi connectivity index (χ2v) is 4.53. The number of hydrogen-bond acceptors (Lipinski definition) is 2. The fraction of sp³-hybridized carbons (Fsp3) is 0.700. The lowest BCUT2D eigenvalue weighted by atomic mass is 9.78. The molecule has 0 radical (unpaired) electrons. The Hall–Kier alpha value is -0.310. The number of allylic oxidation sites excluding steroid dienone is 1. The predicted molar refractivity (Wildman–Crippen MR) is 53.4 cm³/mol. The molecule has 0 aromatic heterocycles. The highest BCUT2D eigenvalue weighted by molar-refractivity contribution is 9.09. The van der Waals surface area contributed by atoms with Gasteiger partial charge in [0.2, 0.25) is 0 Å². The van der Waals surface area contributed by atoms with E-state index >= 15 is 0 Å². The molecule has 1 rings (SSSR count). The van der Waals surface area contributed by atoms with E-state index in [0.717, 1.165) is 23.7 Å². The van der Waals surface area contributed by atoms with Crippen LogP contribution >= 0.6 is 15.9 Å². The number of carbonyl (C=O) groups excluding carboxylic acids is 1. The first-order chi connectivity index (χ1) is 6.00. The minimum Gasteiger partial charge on any atom is -0.550 e. The summed E-state index contributed by atoms with van der Waals surface area (Å²) in [7, 11) is 0. The van der Waals surface area contributed by atoms with Crippen LogP contribution in [0.3, 0.4) is 0 Å². The van der Waals surface area contributed by atoms with Gasteiger partial charge in [-0.3, -0.25) is 0 Å². The van der Waals surface area contributed by atoms with Crippen molar-refractivity contribution in [2.45, 2.75) is 26.2 Å². The molecule has 1 aliphatic rings. The monoisotopic (exact) mass is 245 g/mol. The third kappa shape index (κ3) is 1.96. The van der Waals surface area contributed by atoms with Gasteiger partial charge in [-0.25, -0.2) is 0 Å². The molecule has 0 saturated heterocycles. The lowest BCUT2D eigenvalue weighted by Crippen LogP contribution is -2.32. The summed E-state index contributed by atoms with van der Waals surface area (Å²) < 4.78 is 0. The number of hydrogen-bond donors (Lipinski definition) is 0. The molecule has 2 atom stereocenters. The van der Waals surface area contributed by atoms with Gasteiger partial charge < -0.3 is 9.90 Å².